The molecule has 0 unspecified atom stereocenters. The Balaban J connectivity index is 1.95. The van der Waals surface area contributed by atoms with Crippen molar-refractivity contribution in [3.8, 4) is 17.2 Å². The molecule has 0 saturated carbocycles. The van der Waals surface area contributed by atoms with Gasteiger partial charge in [0.25, 0.3) is 5.91 Å². The van der Waals surface area contributed by atoms with Gasteiger partial charge in [-0.05, 0) is 36.8 Å². The van der Waals surface area contributed by atoms with E-state index in [0.717, 1.165) is 17.1 Å². The molecule has 24 heavy (non-hydrogen) atoms. The molecule has 0 heterocycles. The van der Waals surface area contributed by atoms with Crippen LogP contribution in [-0.2, 0) is 11.3 Å². The first-order valence-electron chi connectivity index (χ1n) is 7.88. The Hall–Kier alpha value is -2.69. The maximum Gasteiger partial charge on any atom is 0.261 e. The molecule has 2 rings (SSSR count). The summed E-state index contributed by atoms with van der Waals surface area (Å²) in [7, 11) is 3.22. The summed E-state index contributed by atoms with van der Waals surface area (Å²) in [5.41, 5.74) is 0.924. The Morgan fingerprint density at radius 1 is 1.00 bits per heavy atom. The molecule has 0 fully saturated rings. The number of hydrogen-bond acceptors (Lipinski definition) is 4. The highest BCUT2D eigenvalue weighted by molar-refractivity contribution is 5.81. The minimum atomic E-state index is -0.548. The topological polar surface area (TPSA) is 56.8 Å². The molecular formula is C19H23NO4. The molecule has 0 radical (unpaired) electrons. The molecule has 0 aliphatic heterocycles. The molecule has 1 atom stereocenters. The van der Waals surface area contributed by atoms with Crippen molar-refractivity contribution in [2.45, 2.75) is 26.0 Å². The van der Waals surface area contributed by atoms with Crippen molar-refractivity contribution in [2.24, 2.45) is 0 Å². The second-order valence-corrected chi connectivity index (χ2v) is 5.22. The van der Waals surface area contributed by atoms with E-state index in [1.807, 2.05) is 31.2 Å². The molecule has 0 aliphatic rings. The molecule has 0 aromatic heterocycles. The van der Waals surface area contributed by atoms with Gasteiger partial charge in [0, 0.05) is 12.1 Å². The van der Waals surface area contributed by atoms with Crippen molar-refractivity contribution in [3.05, 3.63) is 54.1 Å². The first-order chi connectivity index (χ1) is 11.7. The van der Waals surface area contributed by atoms with Gasteiger partial charge in [-0.25, -0.2) is 0 Å². The fourth-order valence-electron chi connectivity index (χ4n) is 2.29. The lowest BCUT2D eigenvalue weighted by Crippen LogP contribution is -2.37. The standard InChI is InChI=1S/C19H23NO4/c1-4-17(24-16-11-9-15(22-2)10-12-16)19(21)20-13-14-7-5-6-8-18(14)23-3/h5-12,17H,4,13H2,1-3H3,(H,20,21)/t17-/m1/s1. The van der Waals surface area contributed by atoms with Gasteiger partial charge in [-0.2, -0.15) is 0 Å². The Morgan fingerprint density at radius 3 is 2.29 bits per heavy atom. The number of methoxy groups -OCH3 is 2. The van der Waals surface area contributed by atoms with Crippen LogP contribution in [0.15, 0.2) is 48.5 Å². The summed E-state index contributed by atoms with van der Waals surface area (Å²) in [6, 6.07) is 14.8. The van der Waals surface area contributed by atoms with E-state index in [9.17, 15) is 4.79 Å². The van der Waals surface area contributed by atoms with Gasteiger partial charge in [0.15, 0.2) is 6.10 Å². The number of nitrogens with one attached hydrogen (secondary N) is 1. The highest BCUT2D eigenvalue weighted by Crippen LogP contribution is 2.20. The average Bonchev–Trinajstić information content (AvgIpc) is 2.64. The van der Waals surface area contributed by atoms with Crippen LogP contribution in [0.1, 0.15) is 18.9 Å². The van der Waals surface area contributed by atoms with E-state index in [0.29, 0.717) is 18.7 Å². The van der Waals surface area contributed by atoms with Gasteiger partial charge in [0.1, 0.15) is 17.2 Å². The molecule has 2 aromatic rings. The molecule has 0 bridgehead atoms. The molecule has 0 saturated heterocycles. The van der Waals surface area contributed by atoms with Gasteiger partial charge in [-0.3, -0.25) is 4.79 Å². The monoisotopic (exact) mass is 329 g/mol. The molecule has 5 nitrogen and oxygen atoms in total. The summed E-state index contributed by atoms with van der Waals surface area (Å²) >= 11 is 0. The summed E-state index contributed by atoms with van der Waals surface area (Å²) < 4.78 is 16.2. The molecule has 0 spiro atoms. The number of carbonyl (C=O) groups is 1. The maximum atomic E-state index is 12.4. The Morgan fingerprint density at radius 2 is 1.67 bits per heavy atom. The van der Waals surface area contributed by atoms with Crippen LogP contribution in [0.4, 0.5) is 0 Å². The average molecular weight is 329 g/mol. The lowest BCUT2D eigenvalue weighted by molar-refractivity contribution is -0.128. The number of amides is 1. The first-order valence-corrected chi connectivity index (χ1v) is 7.88. The third-order valence-corrected chi connectivity index (χ3v) is 3.65. The first kappa shape index (κ1) is 17.7. The van der Waals surface area contributed by atoms with Gasteiger partial charge < -0.3 is 19.5 Å². The van der Waals surface area contributed by atoms with E-state index in [2.05, 4.69) is 5.32 Å². The highest BCUT2D eigenvalue weighted by Gasteiger charge is 2.18. The van der Waals surface area contributed by atoms with Gasteiger partial charge in [-0.15, -0.1) is 0 Å². The normalized spacial score (nSPS) is 11.5. The van der Waals surface area contributed by atoms with Gasteiger partial charge >= 0.3 is 0 Å². The zero-order valence-electron chi connectivity index (χ0n) is 14.2. The predicted octanol–water partition coefficient (Wildman–Crippen LogP) is 3.18. The predicted molar refractivity (Wildman–Crippen MR) is 92.5 cm³/mol. The van der Waals surface area contributed by atoms with Gasteiger partial charge in [-0.1, -0.05) is 25.1 Å². The Kier molecular flexibility index (Phi) is 6.49. The minimum Gasteiger partial charge on any atom is -0.497 e. The highest BCUT2D eigenvalue weighted by atomic mass is 16.5. The smallest absolute Gasteiger partial charge is 0.261 e. The number of ether oxygens (including phenoxy) is 3. The van der Waals surface area contributed by atoms with E-state index in [1.54, 1.807) is 38.5 Å². The third kappa shape index (κ3) is 4.65. The largest absolute Gasteiger partial charge is 0.497 e. The molecule has 0 aliphatic carbocycles. The van der Waals surface area contributed by atoms with Gasteiger partial charge in [0.2, 0.25) is 0 Å². The zero-order valence-corrected chi connectivity index (χ0v) is 14.2. The number of rotatable bonds is 8. The van der Waals surface area contributed by atoms with Crippen LogP contribution in [0.25, 0.3) is 0 Å². The second-order valence-electron chi connectivity index (χ2n) is 5.22. The van der Waals surface area contributed by atoms with Crippen molar-refractivity contribution in [2.75, 3.05) is 14.2 Å². The summed E-state index contributed by atoms with van der Waals surface area (Å²) in [5.74, 6) is 1.98. The molecule has 5 heteroatoms. The number of benzene rings is 2. The second kappa shape index (κ2) is 8.82. The molecule has 128 valence electrons. The molecule has 2 aromatic carbocycles. The van der Waals surface area contributed by atoms with Gasteiger partial charge in [0.05, 0.1) is 14.2 Å². The zero-order chi connectivity index (χ0) is 17.4. The summed E-state index contributed by atoms with van der Waals surface area (Å²) in [6.07, 6.45) is 0.0251. The van der Waals surface area contributed by atoms with Crippen LogP contribution in [0.2, 0.25) is 0 Å². The van der Waals surface area contributed by atoms with Crippen molar-refractivity contribution in [3.63, 3.8) is 0 Å². The van der Waals surface area contributed by atoms with Crippen LogP contribution in [0.5, 0.6) is 17.2 Å². The Labute approximate surface area is 142 Å². The van der Waals surface area contributed by atoms with Crippen molar-refractivity contribution >= 4 is 5.91 Å². The molecule has 1 N–H and O–H groups in total. The Bertz CT molecular complexity index is 655. The van der Waals surface area contributed by atoms with Crippen LogP contribution < -0.4 is 19.5 Å². The SMILES string of the molecule is CC[C@@H](Oc1ccc(OC)cc1)C(=O)NCc1ccccc1OC. The maximum absolute atomic E-state index is 12.4. The van der Waals surface area contributed by atoms with E-state index in [4.69, 9.17) is 14.2 Å². The van der Waals surface area contributed by atoms with E-state index in [1.165, 1.54) is 0 Å². The fourth-order valence-corrected chi connectivity index (χ4v) is 2.29. The molecular weight excluding hydrogens is 306 g/mol. The number of para-hydroxylation sites is 1. The molecule has 1 amide bonds. The van der Waals surface area contributed by atoms with E-state index >= 15 is 0 Å². The number of carbonyl (C=O) groups excluding carboxylic acids is 1. The summed E-state index contributed by atoms with van der Waals surface area (Å²) in [6.45, 7) is 2.31. The summed E-state index contributed by atoms with van der Waals surface area (Å²) in [4.78, 5) is 12.4. The van der Waals surface area contributed by atoms with Crippen molar-refractivity contribution in [1.82, 2.24) is 5.32 Å². The summed E-state index contributed by atoms with van der Waals surface area (Å²) in [5, 5.41) is 2.90. The lowest BCUT2D eigenvalue weighted by atomic mass is 10.2. The van der Waals surface area contributed by atoms with E-state index < -0.39 is 6.10 Å². The van der Waals surface area contributed by atoms with Crippen LogP contribution in [-0.4, -0.2) is 26.2 Å². The quantitative estimate of drug-likeness (QED) is 0.808. The number of hydrogen-bond donors (Lipinski definition) is 1. The van der Waals surface area contributed by atoms with Crippen LogP contribution in [0.3, 0.4) is 0 Å². The lowest BCUT2D eigenvalue weighted by Gasteiger charge is -2.18. The fraction of sp³-hybridized carbons (Fsp3) is 0.316. The van der Waals surface area contributed by atoms with E-state index in [-0.39, 0.29) is 5.91 Å². The third-order valence-electron chi connectivity index (χ3n) is 3.65. The van der Waals surface area contributed by atoms with Crippen LogP contribution >= 0.6 is 0 Å². The van der Waals surface area contributed by atoms with Crippen molar-refractivity contribution in [1.29, 1.82) is 0 Å². The van der Waals surface area contributed by atoms with Crippen molar-refractivity contribution < 1.29 is 19.0 Å². The van der Waals surface area contributed by atoms with Crippen LogP contribution in [0, 0.1) is 0 Å². The minimum absolute atomic E-state index is 0.153.